The van der Waals surface area contributed by atoms with Gasteiger partial charge in [-0.05, 0) is 71.5 Å². The summed E-state index contributed by atoms with van der Waals surface area (Å²) in [6, 6.07) is 24.3. The maximum Gasteiger partial charge on any atom is 0.228 e. The monoisotopic (exact) mass is 583 g/mol. The maximum absolute atomic E-state index is 13.5. The summed E-state index contributed by atoms with van der Waals surface area (Å²) in [4.78, 5) is 32.8. The lowest BCUT2D eigenvalue weighted by atomic mass is 9.92. The van der Waals surface area contributed by atoms with Gasteiger partial charge in [-0.1, -0.05) is 42.5 Å². The zero-order chi connectivity index (χ0) is 30.2. The minimum atomic E-state index is -0.223. The Kier molecular flexibility index (Phi) is 7.37. The number of hydrogen-bond acceptors (Lipinski definition) is 6. The van der Waals surface area contributed by atoms with Gasteiger partial charge in [-0.2, -0.15) is 5.10 Å². The first-order chi connectivity index (χ1) is 21.5. The Balaban J connectivity index is 1.37. The standard InChI is InChI=1S/C36H33N5O3/c1-23(42)41-34-10-6-5-9-30(34)36(43)35(41)19-27-18-31(29-8-4-3-7-28(29)25-21-38-40(2)22-25)32-17-24(11-12-33(32)39-27)20-37-26-13-15-44-16-14-26/h3-12,17-19,21-22,26,37H,13-16,20H2,1-2H3. The molecule has 1 N–H and O–H groups in total. The van der Waals surface area contributed by atoms with E-state index in [1.807, 2.05) is 55.8 Å². The molecule has 220 valence electrons. The van der Waals surface area contributed by atoms with E-state index in [0.29, 0.717) is 28.7 Å². The van der Waals surface area contributed by atoms with Crippen LogP contribution in [0.15, 0.2) is 90.9 Å². The number of nitrogens with zero attached hydrogens (tertiary/aromatic N) is 4. The van der Waals surface area contributed by atoms with Crippen molar-refractivity contribution in [1.29, 1.82) is 0 Å². The van der Waals surface area contributed by atoms with Crippen molar-refractivity contribution in [3.05, 3.63) is 108 Å². The minimum absolute atomic E-state index is 0.190. The fraction of sp³-hybridized carbons (Fsp3) is 0.222. The molecule has 2 aliphatic rings. The summed E-state index contributed by atoms with van der Waals surface area (Å²) in [5.41, 5.74) is 8.07. The van der Waals surface area contributed by atoms with E-state index in [9.17, 15) is 9.59 Å². The number of nitrogens with one attached hydrogen (secondary N) is 1. The molecule has 2 aliphatic heterocycles. The molecule has 0 unspecified atom stereocenters. The highest BCUT2D eigenvalue weighted by atomic mass is 16.5. The van der Waals surface area contributed by atoms with E-state index < -0.39 is 0 Å². The number of hydrogen-bond donors (Lipinski definition) is 1. The van der Waals surface area contributed by atoms with E-state index in [-0.39, 0.29) is 11.7 Å². The van der Waals surface area contributed by atoms with Gasteiger partial charge in [0.15, 0.2) is 0 Å². The van der Waals surface area contributed by atoms with Crippen LogP contribution in [0, 0.1) is 0 Å². The van der Waals surface area contributed by atoms with Crippen LogP contribution in [0.5, 0.6) is 0 Å². The summed E-state index contributed by atoms with van der Waals surface area (Å²) in [6.07, 6.45) is 7.63. The number of Topliss-reactive ketones (excluding diaryl/α,β-unsaturated/α-hetero) is 1. The van der Waals surface area contributed by atoms with Crippen LogP contribution >= 0.6 is 0 Å². The van der Waals surface area contributed by atoms with Crippen molar-refractivity contribution in [3.8, 4) is 22.3 Å². The van der Waals surface area contributed by atoms with E-state index in [2.05, 4.69) is 34.7 Å². The van der Waals surface area contributed by atoms with Crippen LogP contribution in [-0.2, 0) is 23.1 Å². The van der Waals surface area contributed by atoms with Gasteiger partial charge in [0.05, 0.1) is 28.8 Å². The Morgan fingerprint density at radius 3 is 2.48 bits per heavy atom. The summed E-state index contributed by atoms with van der Waals surface area (Å²) in [7, 11) is 1.91. The number of amides is 1. The zero-order valence-corrected chi connectivity index (χ0v) is 24.8. The average molecular weight is 584 g/mol. The minimum Gasteiger partial charge on any atom is -0.381 e. The van der Waals surface area contributed by atoms with Crippen LogP contribution in [0.1, 0.15) is 41.4 Å². The molecule has 1 saturated heterocycles. The largest absolute Gasteiger partial charge is 0.381 e. The average Bonchev–Trinajstić information content (AvgIpc) is 3.60. The molecule has 8 heteroatoms. The van der Waals surface area contributed by atoms with Gasteiger partial charge >= 0.3 is 0 Å². The van der Waals surface area contributed by atoms with Crippen molar-refractivity contribution in [2.24, 2.45) is 7.05 Å². The van der Waals surface area contributed by atoms with E-state index in [0.717, 1.165) is 65.8 Å². The number of benzene rings is 3. The predicted octanol–water partition coefficient (Wildman–Crippen LogP) is 6.16. The molecule has 5 aromatic rings. The van der Waals surface area contributed by atoms with Crippen LogP contribution in [-0.4, -0.2) is 45.7 Å². The van der Waals surface area contributed by atoms with Gasteiger partial charge in [-0.15, -0.1) is 0 Å². The molecule has 1 fully saturated rings. The molecule has 3 aromatic carbocycles. The second kappa shape index (κ2) is 11.6. The molecule has 0 spiro atoms. The number of allylic oxidation sites excluding steroid dienone is 1. The molecule has 8 nitrogen and oxygen atoms in total. The first-order valence-corrected chi connectivity index (χ1v) is 15.0. The molecule has 4 heterocycles. The first kappa shape index (κ1) is 27.9. The number of pyridine rings is 1. The van der Waals surface area contributed by atoms with E-state index in [4.69, 9.17) is 9.72 Å². The number of rotatable bonds is 6. The van der Waals surface area contributed by atoms with E-state index in [1.54, 1.807) is 22.9 Å². The van der Waals surface area contributed by atoms with Crippen molar-refractivity contribution >= 4 is 34.4 Å². The third-order valence-electron chi connectivity index (χ3n) is 8.40. The number of anilines is 1. The van der Waals surface area contributed by atoms with Crippen molar-refractivity contribution in [2.75, 3.05) is 18.1 Å². The summed E-state index contributed by atoms with van der Waals surface area (Å²) in [6.45, 7) is 3.81. The number of para-hydroxylation sites is 1. The SMILES string of the molecule is CC(=O)N1C(=Cc2cc(-c3ccccc3-c3cnn(C)c3)c3cc(CNC4CCOCC4)ccc3n2)C(=O)c2ccccc21. The fourth-order valence-electron chi connectivity index (χ4n) is 6.23. The number of ketones is 1. The molecule has 0 radical (unpaired) electrons. The molecule has 1 amide bonds. The highest BCUT2D eigenvalue weighted by Crippen LogP contribution is 2.39. The van der Waals surface area contributed by atoms with Gasteiger partial charge in [0.2, 0.25) is 11.7 Å². The van der Waals surface area contributed by atoms with Crippen LogP contribution < -0.4 is 10.2 Å². The lowest BCUT2D eigenvalue weighted by molar-refractivity contribution is -0.116. The van der Waals surface area contributed by atoms with Crippen molar-refractivity contribution < 1.29 is 14.3 Å². The molecule has 0 aliphatic carbocycles. The number of aromatic nitrogens is 3. The smallest absolute Gasteiger partial charge is 0.228 e. The van der Waals surface area contributed by atoms with Crippen LogP contribution in [0.25, 0.3) is 39.2 Å². The van der Waals surface area contributed by atoms with E-state index >= 15 is 0 Å². The summed E-state index contributed by atoms with van der Waals surface area (Å²) >= 11 is 0. The Morgan fingerprint density at radius 2 is 1.73 bits per heavy atom. The number of fused-ring (bicyclic) bond motifs is 2. The van der Waals surface area contributed by atoms with Gasteiger partial charge in [0, 0.05) is 62.5 Å². The van der Waals surface area contributed by atoms with Crippen LogP contribution in [0.2, 0.25) is 0 Å². The molecular formula is C36H33N5O3. The number of ether oxygens (including phenoxy) is 1. The number of carbonyl (C=O) groups excluding carboxylic acids is 2. The Labute approximate surface area is 256 Å². The second-order valence-electron chi connectivity index (χ2n) is 11.4. The van der Waals surface area contributed by atoms with Gasteiger partial charge < -0.3 is 10.1 Å². The van der Waals surface area contributed by atoms with Crippen LogP contribution in [0.4, 0.5) is 5.69 Å². The maximum atomic E-state index is 13.5. The number of carbonyl (C=O) groups is 2. The Bertz CT molecular complexity index is 1940. The third kappa shape index (κ3) is 5.23. The van der Waals surface area contributed by atoms with Crippen LogP contribution in [0.3, 0.4) is 0 Å². The van der Waals surface area contributed by atoms with Gasteiger partial charge in [0.1, 0.15) is 0 Å². The van der Waals surface area contributed by atoms with E-state index in [1.165, 1.54) is 17.4 Å². The topological polar surface area (TPSA) is 89.3 Å². The van der Waals surface area contributed by atoms with Crippen molar-refractivity contribution in [3.63, 3.8) is 0 Å². The lowest BCUT2D eigenvalue weighted by Crippen LogP contribution is -2.34. The van der Waals surface area contributed by atoms with Crippen molar-refractivity contribution in [1.82, 2.24) is 20.1 Å². The lowest BCUT2D eigenvalue weighted by Gasteiger charge is -2.23. The highest BCUT2D eigenvalue weighted by molar-refractivity contribution is 6.26. The molecule has 0 bridgehead atoms. The quantitative estimate of drug-likeness (QED) is 0.241. The fourth-order valence-corrected chi connectivity index (χ4v) is 6.23. The zero-order valence-electron chi connectivity index (χ0n) is 24.8. The summed E-state index contributed by atoms with van der Waals surface area (Å²) in [5, 5.41) is 9.12. The molecule has 7 rings (SSSR count). The third-order valence-corrected chi connectivity index (χ3v) is 8.40. The van der Waals surface area contributed by atoms with Gasteiger partial charge in [-0.25, -0.2) is 4.98 Å². The molecule has 0 atom stereocenters. The first-order valence-electron chi connectivity index (χ1n) is 15.0. The second-order valence-corrected chi connectivity index (χ2v) is 11.4. The summed E-state index contributed by atoms with van der Waals surface area (Å²) in [5.74, 6) is -0.413. The normalized spacial score (nSPS) is 16.2. The summed E-state index contributed by atoms with van der Waals surface area (Å²) < 4.78 is 7.32. The Morgan fingerprint density at radius 1 is 0.977 bits per heavy atom. The molecule has 0 saturated carbocycles. The molecular weight excluding hydrogens is 550 g/mol. The molecule has 44 heavy (non-hydrogen) atoms. The van der Waals surface area contributed by atoms with Gasteiger partial charge in [0.25, 0.3) is 0 Å². The molecule has 2 aromatic heterocycles. The Hall–Kier alpha value is -4.92. The van der Waals surface area contributed by atoms with Gasteiger partial charge in [-0.3, -0.25) is 19.2 Å². The number of aryl methyl sites for hydroxylation is 1. The highest BCUT2D eigenvalue weighted by Gasteiger charge is 2.34. The van der Waals surface area contributed by atoms with Crippen molar-refractivity contribution in [2.45, 2.75) is 32.4 Å². The predicted molar refractivity (Wildman–Crippen MR) is 172 cm³/mol.